The van der Waals surface area contributed by atoms with Crippen LogP contribution in [0.3, 0.4) is 0 Å². The van der Waals surface area contributed by atoms with Crippen LogP contribution in [0.4, 0.5) is 32.0 Å². The van der Waals surface area contributed by atoms with Crippen molar-refractivity contribution in [1.29, 1.82) is 0 Å². The third-order valence-corrected chi connectivity index (χ3v) is 4.88. The second kappa shape index (κ2) is 6.96. The quantitative estimate of drug-likeness (QED) is 0.623. The standard InChI is InChI=1S/C17H16F6N2OS/c1-9(2)26-15-6-11(17(21,22)23)10-5-13-14(7-12(10)24-15)27-4-3-25(13)8-16(18,19)20/h5-7,9H,3-4,8H2,1-2H3. The summed E-state index contributed by atoms with van der Waals surface area (Å²) in [6, 6.07) is 3.34. The number of aromatic nitrogens is 1. The lowest BCUT2D eigenvalue weighted by molar-refractivity contribution is -0.136. The molecule has 0 bridgehead atoms. The molecule has 27 heavy (non-hydrogen) atoms. The van der Waals surface area contributed by atoms with E-state index in [2.05, 4.69) is 4.98 Å². The van der Waals surface area contributed by atoms with Gasteiger partial charge < -0.3 is 9.64 Å². The Hall–Kier alpha value is -1.84. The van der Waals surface area contributed by atoms with Crippen LogP contribution in [0.15, 0.2) is 23.1 Å². The van der Waals surface area contributed by atoms with Crippen LogP contribution in [0.5, 0.6) is 5.88 Å². The molecule has 0 fully saturated rings. The number of hydrogen-bond acceptors (Lipinski definition) is 4. The summed E-state index contributed by atoms with van der Waals surface area (Å²) in [7, 11) is 0. The first-order valence-corrected chi connectivity index (χ1v) is 9.10. The maximum atomic E-state index is 13.6. The number of alkyl halides is 6. The van der Waals surface area contributed by atoms with Crippen molar-refractivity contribution in [2.75, 3.05) is 23.7 Å². The Morgan fingerprint density at radius 1 is 1.15 bits per heavy atom. The van der Waals surface area contributed by atoms with Gasteiger partial charge in [0.2, 0.25) is 5.88 Å². The second-order valence-corrected chi connectivity index (χ2v) is 7.53. The molecule has 148 valence electrons. The van der Waals surface area contributed by atoms with Crippen LogP contribution in [0.1, 0.15) is 19.4 Å². The highest BCUT2D eigenvalue weighted by atomic mass is 32.2. The minimum atomic E-state index is -4.69. The van der Waals surface area contributed by atoms with Crippen LogP contribution in [-0.2, 0) is 6.18 Å². The highest BCUT2D eigenvalue weighted by Crippen LogP contribution is 2.43. The fourth-order valence-electron chi connectivity index (χ4n) is 2.88. The molecule has 1 aromatic carbocycles. The molecule has 2 heterocycles. The zero-order valence-electron chi connectivity index (χ0n) is 14.4. The number of hydrogen-bond donors (Lipinski definition) is 0. The molecule has 3 nitrogen and oxygen atoms in total. The van der Waals surface area contributed by atoms with Crippen LogP contribution < -0.4 is 9.64 Å². The first-order chi connectivity index (χ1) is 12.4. The van der Waals surface area contributed by atoms with Gasteiger partial charge in [0.25, 0.3) is 0 Å². The molecule has 0 spiro atoms. The molecule has 3 rings (SSSR count). The molecule has 0 atom stereocenters. The van der Waals surface area contributed by atoms with Gasteiger partial charge in [-0.05, 0) is 26.0 Å². The van der Waals surface area contributed by atoms with E-state index < -0.39 is 24.5 Å². The number of ether oxygens (including phenoxy) is 1. The van der Waals surface area contributed by atoms with Gasteiger partial charge in [0.15, 0.2) is 0 Å². The summed E-state index contributed by atoms with van der Waals surface area (Å²) in [6.45, 7) is 2.22. The number of pyridine rings is 1. The zero-order valence-corrected chi connectivity index (χ0v) is 15.2. The second-order valence-electron chi connectivity index (χ2n) is 6.39. The van der Waals surface area contributed by atoms with Gasteiger partial charge in [-0.25, -0.2) is 4.98 Å². The molecule has 2 aromatic rings. The number of anilines is 1. The zero-order chi connectivity index (χ0) is 20.0. The maximum Gasteiger partial charge on any atom is 0.417 e. The van der Waals surface area contributed by atoms with Crippen molar-refractivity contribution in [3.8, 4) is 5.88 Å². The molecular weight excluding hydrogens is 394 g/mol. The van der Waals surface area contributed by atoms with E-state index in [-0.39, 0.29) is 35.1 Å². The van der Waals surface area contributed by atoms with E-state index in [0.29, 0.717) is 10.6 Å². The fraction of sp³-hybridized carbons (Fsp3) is 0.471. The number of halogens is 6. The van der Waals surface area contributed by atoms with Gasteiger partial charge in [0.1, 0.15) is 6.54 Å². The van der Waals surface area contributed by atoms with Gasteiger partial charge in [-0.1, -0.05) is 0 Å². The van der Waals surface area contributed by atoms with E-state index in [0.717, 1.165) is 17.0 Å². The Balaban J connectivity index is 2.18. The van der Waals surface area contributed by atoms with Gasteiger partial charge in [0, 0.05) is 28.6 Å². The molecule has 0 saturated carbocycles. The third-order valence-electron chi connectivity index (χ3n) is 3.86. The summed E-state index contributed by atoms with van der Waals surface area (Å²) < 4.78 is 84.5. The van der Waals surface area contributed by atoms with Crippen LogP contribution in [0, 0.1) is 0 Å². The molecule has 1 aliphatic rings. The first-order valence-electron chi connectivity index (χ1n) is 8.11. The average molecular weight is 410 g/mol. The SMILES string of the molecule is CC(C)Oc1cc(C(F)(F)F)c2cc3c(cc2n1)SCCN3CC(F)(F)F. The van der Waals surface area contributed by atoms with Crippen molar-refractivity contribution < 1.29 is 31.1 Å². The van der Waals surface area contributed by atoms with E-state index in [9.17, 15) is 26.3 Å². The Labute approximate surface area is 155 Å². The van der Waals surface area contributed by atoms with Crippen LogP contribution >= 0.6 is 11.8 Å². The number of benzene rings is 1. The van der Waals surface area contributed by atoms with Crippen molar-refractivity contribution in [3.63, 3.8) is 0 Å². The normalized spacial score (nSPS) is 15.4. The Morgan fingerprint density at radius 2 is 1.85 bits per heavy atom. The highest BCUT2D eigenvalue weighted by molar-refractivity contribution is 7.99. The molecule has 0 unspecified atom stereocenters. The fourth-order valence-corrected chi connectivity index (χ4v) is 3.95. The largest absolute Gasteiger partial charge is 0.475 e. The first kappa shape index (κ1) is 19.9. The molecule has 0 aliphatic carbocycles. The van der Waals surface area contributed by atoms with E-state index >= 15 is 0 Å². The summed E-state index contributed by atoms with van der Waals surface area (Å²) in [4.78, 5) is 5.65. The van der Waals surface area contributed by atoms with Crippen molar-refractivity contribution in [1.82, 2.24) is 4.98 Å². The average Bonchev–Trinajstić information content (AvgIpc) is 2.50. The number of thioether (sulfide) groups is 1. The summed E-state index contributed by atoms with van der Waals surface area (Å²) >= 11 is 1.30. The lowest BCUT2D eigenvalue weighted by atomic mass is 10.1. The summed E-state index contributed by atoms with van der Waals surface area (Å²) in [5.74, 6) is 0.237. The maximum absolute atomic E-state index is 13.6. The van der Waals surface area contributed by atoms with Crippen LogP contribution in [0.25, 0.3) is 10.9 Å². The van der Waals surface area contributed by atoms with Crippen molar-refractivity contribution >= 4 is 28.4 Å². The number of rotatable bonds is 3. The molecule has 0 N–H and O–H groups in total. The topological polar surface area (TPSA) is 25.4 Å². The molecule has 10 heteroatoms. The van der Waals surface area contributed by atoms with Crippen molar-refractivity contribution in [2.24, 2.45) is 0 Å². The summed E-state index contributed by atoms with van der Waals surface area (Å²) in [6.07, 6.45) is -9.51. The minimum absolute atomic E-state index is 0.0422. The van der Waals surface area contributed by atoms with Gasteiger partial charge in [-0.2, -0.15) is 26.3 Å². The Morgan fingerprint density at radius 3 is 2.44 bits per heavy atom. The minimum Gasteiger partial charge on any atom is -0.475 e. The van der Waals surface area contributed by atoms with Gasteiger partial charge in [-0.15, -0.1) is 11.8 Å². The van der Waals surface area contributed by atoms with Crippen molar-refractivity contribution in [2.45, 2.75) is 37.2 Å². The third kappa shape index (κ3) is 4.53. The van der Waals surface area contributed by atoms with E-state index in [4.69, 9.17) is 4.74 Å². The molecule has 1 aromatic heterocycles. The Kier molecular flexibility index (Phi) is 5.13. The lowest BCUT2D eigenvalue weighted by Gasteiger charge is -2.32. The molecular formula is C17H16F6N2OS. The van der Waals surface area contributed by atoms with E-state index in [1.165, 1.54) is 17.8 Å². The molecule has 1 aliphatic heterocycles. The van der Waals surface area contributed by atoms with E-state index in [1.54, 1.807) is 13.8 Å². The smallest absolute Gasteiger partial charge is 0.417 e. The predicted octanol–water partition coefficient (Wildman–Crippen LogP) is 5.52. The highest BCUT2D eigenvalue weighted by Gasteiger charge is 2.36. The van der Waals surface area contributed by atoms with Gasteiger partial charge in [-0.3, -0.25) is 0 Å². The predicted molar refractivity (Wildman–Crippen MR) is 91.5 cm³/mol. The van der Waals surface area contributed by atoms with Crippen LogP contribution in [0.2, 0.25) is 0 Å². The molecule has 0 radical (unpaired) electrons. The monoisotopic (exact) mass is 410 g/mol. The lowest BCUT2D eigenvalue weighted by Crippen LogP contribution is -2.37. The molecule has 0 saturated heterocycles. The Bertz CT molecular complexity index is 850. The molecule has 0 amide bonds. The van der Waals surface area contributed by atoms with Crippen LogP contribution in [-0.4, -0.2) is 36.1 Å². The van der Waals surface area contributed by atoms with Crippen molar-refractivity contribution in [3.05, 3.63) is 23.8 Å². The van der Waals surface area contributed by atoms with Gasteiger partial charge in [0.05, 0.1) is 22.9 Å². The van der Waals surface area contributed by atoms with E-state index in [1.807, 2.05) is 0 Å². The summed E-state index contributed by atoms with van der Waals surface area (Å²) in [5, 5.41) is -0.243. The summed E-state index contributed by atoms with van der Waals surface area (Å²) in [5.41, 5.74) is -0.796. The number of fused-ring (bicyclic) bond motifs is 2. The number of nitrogens with zero attached hydrogens (tertiary/aromatic N) is 2. The van der Waals surface area contributed by atoms with Gasteiger partial charge >= 0.3 is 12.4 Å².